The Morgan fingerprint density at radius 1 is 1.67 bits per heavy atom. The summed E-state index contributed by atoms with van der Waals surface area (Å²) < 4.78 is 30.5. The maximum Gasteiger partial charge on any atom is 0.356 e. The quantitative estimate of drug-likeness (QED) is 0.582. The summed E-state index contributed by atoms with van der Waals surface area (Å²) >= 11 is 0. The van der Waals surface area contributed by atoms with Crippen LogP contribution in [0.1, 0.15) is 26.2 Å². The predicted molar refractivity (Wildman–Crippen MR) is 51.2 cm³/mol. The van der Waals surface area contributed by atoms with Gasteiger partial charge in [-0.15, -0.1) is 0 Å². The van der Waals surface area contributed by atoms with E-state index in [0.717, 1.165) is 0 Å². The van der Waals surface area contributed by atoms with Gasteiger partial charge in [-0.05, 0) is 18.9 Å². The standard InChI is InChI=1S/C10H13F2NO2/c1-2-15-9(14)8(13)7-4-3-5-10(11,12)6-7/h4,13H,2-3,5-6H2,1H3. The molecule has 0 unspecified atom stereocenters. The first-order chi connectivity index (χ1) is 6.96. The van der Waals surface area contributed by atoms with Crippen molar-refractivity contribution in [1.29, 1.82) is 5.41 Å². The molecule has 0 saturated carbocycles. The summed E-state index contributed by atoms with van der Waals surface area (Å²) in [5, 5.41) is 7.39. The number of halogens is 2. The summed E-state index contributed by atoms with van der Waals surface area (Å²) in [5.74, 6) is -3.63. The van der Waals surface area contributed by atoms with Crippen molar-refractivity contribution in [3.63, 3.8) is 0 Å². The van der Waals surface area contributed by atoms with Gasteiger partial charge in [0.25, 0.3) is 5.92 Å². The molecule has 0 radical (unpaired) electrons. The maximum absolute atomic E-state index is 13.0. The Labute approximate surface area is 86.6 Å². The number of hydrogen-bond donors (Lipinski definition) is 1. The molecule has 0 aromatic rings. The van der Waals surface area contributed by atoms with Crippen LogP contribution in [0.5, 0.6) is 0 Å². The molecule has 5 heteroatoms. The number of carbonyl (C=O) groups is 1. The summed E-state index contributed by atoms with van der Waals surface area (Å²) in [6, 6.07) is 0. The number of esters is 1. The Bertz CT molecular complexity index is 311. The lowest BCUT2D eigenvalue weighted by atomic mass is 9.93. The first-order valence-corrected chi connectivity index (χ1v) is 4.79. The topological polar surface area (TPSA) is 50.2 Å². The molecule has 1 aliphatic carbocycles. The van der Waals surface area contributed by atoms with E-state index in [1.165, 1.54) is 6.08 Å². The van der Waals surface area contributed by atoms with Gasteiger partial charge >= 0.3 is 5.97 Å². The van der Waals surface area contributed by atoms with Gasteiger partial charge in [0.05, 0.1) is 6.61 Å². The summed E-state index contributed by atoms with van der Waals surface area (Å²) in [4.78, 5) is 11.1. The van der Waals surface area contributed by atoms with Crippen LogP contribution in [-0.4, -0.2) is 24.2 Å². The number of hydrogen-bond acceptors (Lipinski definition) is 3. The fourth-order valence-electron chi connectivity index (χ4n) is 1.42. The zero-order valence-corrected chi connectivity index (χ0v) is 8.48. The second-order valence-electron chi connectivity index (χ2n) is 3.40. The first-order valence-electron chi connectivity index (χ1n) is 4.79. The second kappa shape index (κ2) is 4.51. The van der Waals surface area contributed by atoms with Gasteiger partial charge in [-0.2, -0.15) is 0 Å². The molecule has 0 aromatic heterocycles. The molecular formula is C10H13F2NO2. The molecule has 0 aliphatic heterocycles. The molecule has 0 atom stereocenters. The largest absolute Gasteiger partial charge is 0.461 e. The Balaban J connectivity index is 2.68. The van der Waals surface area contributed by atoms with Crippen LogP contribution >= 0.6 is 0 Å². The van der Waals surface area contributed by atoms with Gasteiger partial charge in [-0.25, -0.2) is 13.6 Å². The molecule has 15 heavy (non-hydrogen) atoms. The van der Waals surface area contributed by atoms with Crippen LogP contribution in [0.4, 0.5) is 8.78 Å². The van der Waals surface area contributed by atoms with Crippen LogP contribution < -0.4 is 0 Å². The molecule has 0 heterocycles. The normalized spacial score (nSPS) is 19.3. The van der Waals surface area contributed by atoms with Crippen molar-refractivity contribution >= 4 is 11.7 Å². The van der Waals surface area contributed by atoms with E-state index in [0.29, 0.717) is 0 Å². The molecule has 0 aromatic carbocycles. The van der Waals surface area contributed by atoms with Crippen molar-refractivity contribution in [2.75, 3.05) is 6.61 Å². The number of ether oxygens (including phenoxy) is 1. The Morgan fingerprint density at radius 2 is 2.33 bits per heavy atom. The smallest absolute Gasteiger partial charge is 0.356 e. The van der Waals surface area contributed by atoms with Crippen molar-refractivity contribution in [1.82, 2.24) is 0 Å². The molecule has 0 fully saturated rings. The van der Waals surface area contributed by atoms with Crippen molar-refractivity contribution < 1.29 is 18.3 Å². The van der Waals surface area contributed by atoms with Crippen molar-refractivity contribution in [3.8, 4) is 0 Å². The zero-order chi connectivity index (χ0) is 11.5. The van der Waals surface area contributed by atoms with Gasteiger partial charge < -0.3 is 4.74 Å². The number of nitrogens with one attached hydrogen (secondary N) is 1. The van der Waals surface area contributed by atoms with Gasteiger partial charge in [0.15, 0.2) is 0 Å². The fraction of sp³-hybridized carbons (Fsp3) is 0.600. The minimum absolute atomic E-state index is 0.0877. The Morgan fingerprint density at radius 3 is 2.87 bits per heavy atom. The molecule has 84 valence electrons. The molecule has 0 spiro atoms. The molecule has 1 N–H and O–H groups in total. The number of carbonyl (C=O) groups excluding carboxylic acids is 1. The lowest BCUT2D eigenvalue weighted by molar-refractivity contribution is -0.135. The van der Waals surface area contributed by atoms with E-state index >= 15 is 0 Å². The van der Waals surface area contributed by atoms with E-state index in [9.17, 15) is 13.6 Å². The average Bonchev–Trinajstić information content (AvgIpc) is 2.15. The summed E-state index contributed by atoms with van der Waals surface area (Å²) in [6.07, 6.45) is 0.956. The summed E-state index contributed by atoms with van der Waals surface area (Å²) in [5.41, 5.74) is -0.360. The maximum atomic E-state index is 13.0. The molecule has 0 saturated heterocycles. The van der Waals surface area contributed by atoms with Crippen molar-refractivity contribution in [3.05, 3.63) is 11.6 Å². The van der Waals surface area contributed by atoms with Crippen molar-refractivity contribution in [2.45, 2.75) is 32.1 Å². The van der Waals surface area contributed by atoms with Gasteiger partial charge in [0.1, 0.15) is 5.71 Å². The third kappa shape index (κ3) is 3.11. The van der Waals surface area contributed by atoms with Crippen LogP contribution in [0.25, 0.3) is 0 Å². The second-order valence-corrected chi connectivity index (χ2v) is 3.40. The SMILES string of the molecule is CCOC(=O)C(=N)C1=CCCC(F)(F)C1. The molecule has 1 aliphatic rings. The highest BCUT2D eigenvalue weighted by molar-refractivity contribution is 6.41. The molecular weight excluding hydrogens is 204 g/mol. The van der Waals surface area contributed by atoms with E-state index < -0.39 is 24.0 Å². The van der Waals surface area contributed by atoms with Crippen molar-refractivity contribution in [2.24, 2.45) is 0 Å². The lowest BCUT2D eigenvalue weighted by Gasteiger charge is -2.21. The third-order valence-corrected chi connectivity index (χ3v) is 2.15. The zero-order valence-electron chi connectivity index (χ0n) is 8.48. The Kier molecular flexibility index (Phi) is 3.55. The van der Waals surface area contributed by atoms with E-state index in [1.807, 2.05) is 0 Å². The van der Waals surface area contributed by atoms with E-state index in [4.69, 9.17) is 5.41 Å². The number of rotatable bonds is 3. The molecule has 0 bridgehead atoms. The van der Waals surface area contributed by atoms with Gasteiger partial charge in [0.2, 0.25) is 0 Å². The minimum atomic E-state index is -2.80. The van der Waals surface area contributed by atoms with Gasteiger partial charge in [-0.3, -0.25) is 5.41 Å². The third-order valence-electron chi connectivity index (χ3n) is 2.15. The van der Waals surface area contributed by atoms with Crippen LogP contribution in [0.3, 0.4) is 0 Å². The summed E-state index contributed by atoms with van der Waals surface area (Å²) in [6.45, 7) is 1.75. The van der Waals surface area contributed by atoms with Crippen LogP contribution in [0, 0.1) is 5.41 Å². The highest BCUT2D eigenvalue weighted by Crippen LogP contribution is 2.33. The molecule has 3 nitrogen and oxygen atoms in total. The highest BCUT2D eigenvalue weighted by Gasteiger charge is 2.34. The molecule has 0 amide bonds. The number of alkyl halides is 2. The first kappa shape index (κ1) is 11.8. The number of allylic oxidation sites excluding steroid dienone is 1. The van der Waals surface area contributed by atoms with E-state index in [2.05, 4.69) is 4.74 Å². The highest BCUT2D eigenvalue weighted by atomic mass is 19.3. The van der Waals surface area contributed by atoms with Crippen LogP contribution in [0.15, 0.2) is 11.6 Å². The summed E-state index contributed by atoms with van der Waals surface area (Å²) in [7, 11) is 0. The van der Waals surface area contributed by atoms with Gasteiger partial charge in [-0.1, -0.05) is 6.08 Å². The fourth-order valence-corrected chi connectivity index (χ4v) is 1.42. The van der Waals surface area contributed by atoms with Crippen LogP contribution in [-0.2, 0) is 9.53 Å². The minimum Gasteiger partial charge on any atom is -0.461 e. The Hall–Kier alpha value is -1.26. The predicted octanol–water partition coefficient (Wildman–Crippen LogP) is 2.31. The molecule has 1 rings (SSSR count). The monoisotopic (exact) mass is 217 g/mol. The van der Waals surface area contributed by atoms with Gasteiger partial charge in [0, 0.05) is 12.8 Å². The van der Waals surface area contributed by atoms with E-state index in [-0.39, 0.29) is 25.0 Å². The lowest BCUT2D eigenvalue weighted by Crippen LogP contribution is -2.27. The van der Waals surface area contributed by atoms with Crippen LogP contribution in [0.2, 0.25) is 0 Å². The average molecular weight is 217 g/mol. The van der Waals surface area contributed by atoms with E-state index in [1.54, 1.807) is 6.92 Å².